The van der Waals surface area contributed by atoms with Crippen molar-refractivity contribution < 1.29 is 42.4 Å². The molecule has 47 heavy (non-hydrogen) atoms. The van der Waals surface area contributed by atoms with E-state index in [9.17, 15) is 9.59 Å². The van der Waals surface area contributed by atoms with Gasteiger partial charge in [0.25, 0.3) is 0 Å². The van der Waals surface area contributed by atoms with Crippen molar-refractivity contribution in [1.29, 1.82) is 0 Å². The zero-order valence-corrected chi connectivity index (χ0v) is 27.2. The van der Waals surface area contributed by atoms with Crippen molar-refractivity contribution in [3.63, 3.8) is 0 Å². The molecule has 2 fully saturated rings. The van der Waals surface area contributed by atoms with Crippen LogP contribution >= 0.6 is 0 Å². The van der Waals surface area contributed by atoms with Gasteiger partial charge in [0.2, 0.25) is 0 Å². The second-order valence-electron chi connectivity index (χ2n) is 13.2. The maximum atomic E-state index is 15.6. The van der Waals surface area contributed by atoms with E-state index in [-0.39, 0.29) is 58.8 Å². The molecule has 4 rings (SSSR count). The fourth-order valence-electron chi connectivity index (χ4n) is 7.20. The molecular weight excluding hydrogens is 609 g/mol. The maximum absolute atomic E-state index is 15.6. The van der Waals surface area contributed by atoms with E-state index in [2.05, 4.69) is 20.1 Å². The Labute approximate surface area is 275 Å². The molecule has 2 aromatic carbocycles. The van der Waals surface area contributed by atoms with Gasteiger partial charge in [-0.1, -0.05) is 57.2 Å². The van der Waals surface area contributed by atoms with Crippen LogP contribution in [0, 0.1) is 35.2 Å². The summed E-state index contributed by atoms with van der Waals surface area (Å²) in [7, 11) is 0. The smallest absolute Gasteiger partial charge is 0.335 e. The van der Waals surface area contributed by atoms with Gasteiger partial charge in [0.05, 0.1) is 37.6 Å². The lowest BCUT2D eigenvalue weighted by molar-refractivity contribution is -0.146. The highest BCUT2D eigenvalue weighted by Crippen LogP contribution is 2.42. The van der Waals surface area contributed by atoms with Gasteiger partial charge in [0.15, 0.2) is 11.6 Å². The molecule has 2 aliphatic rings. The van der Waals surface area contributed by atoms with Crippen LogP contribution in [-0.2, 0) is 19.1 Å². The van der Waals surface area contributed by atoms with Gasteiger partial charge in [0, 0.05) is 17.0 Å². The summed E-state index contributed by atoms with van der Waals surface area (Å²) in [5, 5.41) is 18.3. The van der Waals surface area contributed by atoms with Crippen LogP contribution in [0.4, 0.5) is 13.2 Å². The number of rotatable bonds is 14. The lowest BCUT2D eigenvalue weighted by atomic mass is 9.74. The molecule has 0 radical (unpaired) electrons. The summed E-state index contributed by atoms with van der Waals surface area (Å²) in [4.78, 5) is 24.2. The van der Waals surface area contributed by atoms with Gasteiger partial charge in [-0.05, 0) is 92.2 Å². The minimum absolute atomic E-state index is 0.0415. The fourth-order valence-corrected chi connectivity index (χ4v) is 7.20. The van der Waals surface area contributed by atoms with Crippen LogP contribution in [0.3, 0.4) is 0 Å². The van der Waals surface area contributed by atoms with E-state index in [0.29, 0.717) is 25.7 Å². The molecule has 0 heterocycles. The summed E-state index contributed by atoms with van der Waals surface area (Å²) < 4.78 is 57.0. The second-order valence-corrected chi connectivity index (χ2v) is 13.2. The summed E-state index contributed by atoms with van der Waals surface area (Å²) in [5.41, 5.74) is 0.862. The van der Waals surface area contributed by atoms with Crippen molar-refractivity contribution in [3.05, 3.63) is 83.2 Å². The van der Waals surface area contributed by atoms with Crippen LogP contribution in [0.25, 0.3) is 11.1 Å². The minimum Gasteiger partial charge on any atom is -0.462 e. The standard InChI is InChI=1S/C38H47F3O6/c1-4-5-25-6-8-26(9-7-25)29-14-15-32(34(39)18-29)33-17-16-31(35(40)36(33)41)28-12-10-27(11-13-28)30(21-46-37(44)23(2)19-42)22-47-38(45)24(3)20-43/h14-18,25-28,30,42-43H,2-13,19-22H2,1H3. The lowest BCUT2D eigenvalue weighted by Crippen LogP contribution is -2.31. The number of halogens is 3. The van der Waals surface area contributed by atoms with Gasteiger partial charge in [-0.2, -0.15) is 0 Å². The number of hydrogen-bond acceptors (Lipinski definition) is 6. The Bertz CT molecular complexity index is 1390. The predicted octanol–water partition coefficient (Wildman–Crippen LogP) is 7.92. The summed E-state index contributed by atoms with van der Waals surface area (Å²) >= 11 is 0. The molecule has 2 aromatic rings. The van der Waals surface area contributed by atoms with Crippen molar-refractivity contribution in [2.45, 2.75) is 83.0 Å². The van der Waals surface area contributed by atoms with E-state index in [4.69, 9.17) is 19.7 Å². The van der Waals surface area contributed by atoms with Crippen molar-refractivity contribution in [1.82, 2.24) is 0 Å². The largest absolute Gasteiger partial charge is 0.462 e. The molecule has 2 N–H and O–H groups in total. The first kappa shape index (κ1) is 36.4. The van der Waals surface area contributed by atoms with Crippen LogP contribution in [0.1, 0.15) is 94.1 Å². The van der Waals surface area contributed by atoms with E-state index in [1.807, 2.05) is 6.07 Å². The zero-order valence-electron chi connectivity index (χ0n) is 27.2. The third kappa shape index (κ3) is 9.14. The molecule has 0 saturated heterocycles. The van der Waals surface area contributed by atoms with Crippen molar-refractivity contribution >= 4 is 11.9 Å². The molecule has 9 heteroatoms. The molecule has 0 unspecified atom stereocenters. The van der Waals surface area contributed by atoms with Gasteiger partial charge >= 0.3 is 11.9 Å². The molecule has 6 nitrogen and oxygen atoms in total. The number of esters is 2. The van der Waals surface area contributed by atoms with Crippen LogP contribution < -0.4 is 0 Å². The Hall–Kier alpha value is -3.43. The highest BCUT2D eigenvalue weighted by atomic mass is 19.2. The quantitative estimate of drug-likeness (QED) is 0.159. The summed E-state index contributed by atoms with van der Waals surface area (Å²) in [6, 6.07) is 7.90. The number of aliphatic hydroxyl groups is 2. The Kier molecular flexibility index (Phi) is 13.3. The van der Waals surface area contributed by atoms with Crippen LogP contribution in [0.5, 0.6) is 0 Å². The number of hydrogen-bond donors (Lipinski definition) is 2. The third-order valence-electron chi connectivity index (χ3n) is 10.1. The molecule has 2 aliphatic carbocycles. The SMILES string of the molecule is C=C(CO)C(=O)OCC(COC(=O)C(=C)CO)C1CCC(c2ccc(-c3ccc(C4CCC(CCC)CC4)cc3F)c(F)c2F)CC1. The molecule has 0 atom stereocenters. The summed E-state index contributed by atoms with van der Waals surface area (Å²) in [5.74, 6) is -3.88. The Balaban J connectivity index is 1.42. The number of carbonyl (C=O) groups excluding carboxylic acids is 2. The van der Waals surface area contributed by atoms with Gasteiger partial charge < -0.3 is 19.7 Å². The van der Waals surface area contributed by atoms with Crippen LogP contribution in [-0.4, -0.2) is 48.6 Å². The van der Waals surface area contributed by atoms with E-state index in [1.165, 1.54) is 25.0 Å². The van der Waals surface area contributed by atoms with Gasteiger partial charge in [-0.15, -0.1) is 0 Å². The first-order valence-electron chi connectivity index (χ1n) is 16.8. The summed E-state index contributed by atoms with van der Waals surface area (Å²) in [6.07, 6.45) is 8.83. The number of ether oxygens (including phenoxy) is 2. The lowest BCUT2D eigenvalue weighted by Gasteiger charge is -2.34. The van der Waals surface area contributed by atoms with Crippen molar-refractivity contribution in [2.24, 2.45) is 17.8 Å². The van der Waals surface area contributed by atoms with Gasteiger partial charge in [-0.3, -0.25) is 0 Å². The first-order chi connectivity index (χ1) is 22.6. The van der Waals surface area contributed by atoms with E-state index >= 15 is 13.2 Å². The Morgan fingerprint density at radius 1 is 0.787 bits per heavy atom. The first-order valence-corrected chi connectivity index (χ1v) is 16.8. The highest BCUT2D eigenvalue weighted by Gasteiger charge is 2.33. The number of benzene rings is 2. The third-order valence-corrected chi connectivity index (χ3v) is 10.1. The highest BCUT2D eigenvalue weighted by molar-refractivity contribution is 5.88. The topological polar surface area (TPSA) is 93.1 Å². The molecule has 0 amide bonds. The molecule has 0 spiro atoms. The summed E-state index contributed by atoms with van der Waals surface area (Å²) in [6.45, 7) is 7.79. The van der Waals surface area contributed by atoms with E-state index in [0.717, 1.165) is 37.2 Å². The predicted molar refractivity (Wildman–Crippen MR) is 174 cm³/mol. The molecule has 0 bridgehead atoms. The molecular formula is C38H47F3O6. The van der Waals surface area contributed by atoms with Gasteiger partial charge in [-0.25, -0.2) is 22.8 Å². The maximum Gasteiger partial charge on any atom is 0.335 e. The average Bonchev–Trinajstić information content (AvgIpc) is 3.09. The normalized spacial score (nSPS) is 21.3. The van der Waals surface area contributed by atoms with E-state index < -0.39 is 48.5 Å². The van der Waals surface area contributed by atoms with Crippen molar-refractivity contribution in [3.8, 4) is 11.1 Å². The zero-order chi connectivity index (χ0) is 34.1. The Morgan fingerprint density at radius 3 is 1.87 bits per heavy atom. The second kappa shape index (κ2) is 17.1. The number of aliphatic hydroxyl groups excluding tert-OH is 2. The van der Waals surface area contributed by atoms with Gasteiger partial charge in [0.1, 0.15) is 5.82 Å². The minimum atomic E-state index is -1.07. The molecule has 0 aromatic heterocycles. The fraction of sp³-hybridized carbons (Fsp3) is 0.526. The monoisotopic (exact) mass is 656 g/mol. The Morgan fingerprint density at radius 2 is 1.34 bits per heavy atom. The van der Waals surface area contributed by atoms with Crippen LogP contribution in [0.15, 0.2) is 54.6 Å². The average molecular weight is 657 g/mol. The molecule has 0 aliphatic heterocycles. The van der Waals surface area contributed by atoms with Crippen molar-refractivity contribution in [2.75, 3.05) is 26.4 Å². The number of carbonyl (C=O) groups is 2. The van der Waals surface area contributed by atoms with Crippen LogP contribution in [0.2, 0.25) is 0 Å². The molecule has 256 valence electrons. The molecule has 2 saturated carbocycles. The van der Waals surface area contributed by atoms with E-state index in [1.54, 1.807) is 12.1 Å².